The molecule has 2 fully saturated rings. The minimum absolute atomic E-state index is 0.00681. The van der Waals surface area contributed by atoms with Crippen LogP contribution in [-0.4, -0.2) is 65.9 Å². The lowest BCUT2D eigenvalue weighted by molar-refractivity contribution is -0.157. The standard InChI is InChI=1S/C23H25FN4O3/c1-15-9-30-20-8-17(24)6-7-19(20)28(15)22(29)27-13-23(14-27)11-26(12-23)21-18-5-3-2-4-16(18)10-31-25-21/h2-8,15,22,29H,9-14H2,1H3. The number of nitrogens with zero attached hydrogens (tertiary/aromatic N) is 4. The van der Waals surface area contributed by atoms with Gasteiger partial charge in [0.1, 0.15) is 24.8 Å². The summed E-state index contributed by atoms with van der Waals surface area (Å²) in [5.41, 5.74) is 3.20. The highest BCUT2D eigenvalue weighted by Gasteiger charge is 2.55. The van der Waals surface area contributed by atoms with Gasteiger partial charge in [-0.25, -0.2) is 4.39 Å². The van der Waals surface area contributed by atoms with Crippen molar-refractivity contribution in [3.63, 3.8) is 0 Å². The Hall–Kier alpha value is -2.84. The number of hydrogen-bond acceptors (Lipinski definition) is 7. The summed E-state index contributed by atoms with van der Waals surface area (Å²) in [6.07, 6.45) is -0.765. The molecular weight excluding hydrogens is 399 g/mol. The monoisotopic (exact) mass is 424 g/mol. The number of halogens is 1. The molecule has 4 aliphatic rings. The zero-order chi connectivity index (χ0) is 21.2. The van der Waals surface area contributed by atoms with Crippen LogP contribution in [0, 0.1) is 11.2 Å². The van der Waals surface area contributed by atoms with E-state index in [1.165, 1.54) is 12.1 Å². The first-order chi connectivity index (χ1) is 15.0. The molecule has 7 nitrogen and oxygen atoms in total. The molecule has 4 aliphatic heterocycles. The van der Waals surface area contributed by atoms with Gasteiger partial charge < -0.3 is 24.5 Å². The number of hydrogen-bond donors (Lipinski definition) is 1. The van der Waals surface area contributed by atoms with Crippen LogP contribution in [0.3, 0.4) is 0 Å². The van der Waals surface area contributed by atoms with E-state index in [1.54, 1.807) is 6.07 Å². The van der Waals surface area contributed by atoms with Gasteiger partial charge in [0.15, 0.2) is 12.2 Å². The molecule has 2 aromatic carbocycles. The maximum absolute atomic E-state index is 13.6. The average Bonchev–Trinajstić information content (AvgIpc) is 2.71. The molecule has 0 aromatic heterocycles. The summed E-state index contributed by atoms with van der Waals surface area (Å²) < 4.78 is 19.3. The van der Waals surface area contributed by atoms with Crippen molar-refractivity contribution in [2.75, 3.05) is 37.7 Å². The van der Waals surface area contributed by atoms with E-state index in [-0.39, 0.29) is 17.3 Å². The predicted octanol–water partition coefficient (Wildman–Crippen LogP) is 2.20. The zero-order valence-corrected chi connectivity index (χ0v) is 17.4. The van der Waals surface area contributed by atoms with Crippen LogP contribution < -0.4 is 9.64 Å². The molecule has 0 saturated carbocycles. The van der Waals surface area contributed by atoms with Crippen LogP contribution >= 0.6 is 0 Å². The summed E-state index contributed by atoms with van der Waals surface area (Å²) in [6, 6.07) is 12.7. The minimum Gasteiger partial charge on any atom is -0.489 e. The lowest BCUT2D eigenvalue weighted by atomic mass is 9.72. The number of rotatable bonds is 2. The Morgan fingerprint density at radius 3 is 2.81 bits per heavy atom. The number of ether oxygens (including phenoxy) is 1. The quantitative estimate of drug-likeness (QED) is 0.798. The van der Waals surface area contributed by atoms with Gasteiger partial charge in [-0.1, -0.05) is 29.4 Å². The van der Waals surface area contributed by atoms with Gasteiger partial charge in [-0.2, -0.15) is 0 Å². The van der Waals surface area contributed by atoms with E-state index in [0.29, 0.717) is 19.0 Å². The van der Waals surface area contributed by atoms with Crippen LogP contribution in [0.25, 0.3) is 0 Å². The van der Waals surface area contributed by atoms with E-state index in [0.717, 1.165) is 48.8 Å². The number of oxime groups is 1. The normalized spacial score (nSPS) is 24.7. The smallest absolute Gasteiger partial charge is 0.187 e. The molecule has 2 unspecified atom stereocenters. The number of fused-ring (bicyclic) bond motifs is 2. The van der Waals surface area contributed by atoms with E-state index in [9.17, 15) is 9.50 Å². The lowest BCUT2D eigenvalue weighted by Gasteiger charge is -2.62. The van der Waals surface area contributed by atoms with Gasteiger partial charge in [-0.3, -0.25) is 4.90 Å². The van der Waals surface area contributed by atoms with Crippen LogP contribution in [0.5, 0.6) is 5.75 Å². The third-order valence-corrected chi connectivity index (χ3v) is 6.79. The number of aliphatic hydroxyl groups is 1. The molecule has 8 heteroatoms. The van der Waals surface area contributed by atoms with Crippen LogP contribution in [0.4, 0.5) is 10.1 Å². The molecular formula is C23H25FN4O3. The molecule has 0 radical (unpaired) electrons. The van der Waals surface area contributed by atoms with Crippen LogP contribution in [-0.2, 0) is 11.4 Å². The van der Waals surface area contributed by atoms with Crippen molar-refractivity contribution in [1.29, 1.82) is 0 Å². The highest BCUT2D eigenvalue weighted by molar-refractivity contribution is 6.00. The third kappa shape index (κ3) is 2.96. The van der Waals surface area contributed by atoms with Crippen LogP contribution in [0.1, 0.15) is 18.1 Å². The van der Waals surface area contributed by atoms with Crippen molar-refractivity contribution in [3.8, 4) is 5.75 Å². The second kappa shape index (κ2) is 6.83. The number of benzene rings is 2. The van der Waals surface area contributed by atoms with E-state index in [1.807, 2.05) is 24.0 Å². The van der Waals surface area contributed by atoms with Gasteiger partial charge in [0.2, 0.25) is 0 Å². The fourth-order valence-corrected chi connectivity index (χ4v) is 5.27. The van der Waals surface area contributed by atoms with Crippen LogP contribution in [0.15, 0.2) is 47.6 Å². The first-order valence-corrected chi connectivity index (χ1v) is 10.7. The average molecular weight is 424 g/mol. The Balaban J connectivity index is 1.13. The van der Waals surface area contributed by atoms with Crippen LogP contribution in [0.2, 0.25) is 0 Å². The van der Waals surface area contributed by atoms with E-state index >= 15 is 0 Å². The fourth-order valence-electron chi connectivity index (χ4n) is 5.27. The highest BCUT2D eigenvalue weighted by atomic mass is 19.1. The molecule has 6 rings (SSSR count). The second-order valence-electron chi connectivity index (χ2n) is 9.13. The van der Waals surface area contributed by atoms with Crippen molar-refractivity contribution in [3.05, 3.63) is 59.4 Å². The van der Waals surface area contributed by atoms with Crippen molar-refractivity contribution in [2.24, 2.45) is 10.6 Å². The summed E-state index contributed by atoms with van der Waals surface area (Å²) in [4.78, 5) is 11.7. The summed E-state index contributed by atoms with van der Waals surface area (Å²) in [5.74, 6) is 1.05. The summed E-state index contributed by atoms with van der Waals surface area (Å²) in [6.45, 7) is 6.35. The molecule has 31 heavy (non-hydrogen) atoms. The van der Waals surface area contributed by atoms with E-state index < -0.39 is 6.35 Å². The molecule has 2 saturated heterocycles. The Bertz CT molecular complexity index is 1050. The summed E-state index contributed by atoms with van der Waals surface area (Å²) in [5, 5.41) is 15.4. The topological polar surface area (TPSA) is 60.8 Å². The lowest BCUT2D eigenvalue weighted by Crippen LogP contribution is -2.76. The predicted molar refractivity (Wildman–Crippen MR) is 113 cm³/mol. The van der Waals surface area contributed by atoms with Gasteiger partial charge in [-0.05, 0) is 19.1 Å². The molecule has 1 N–H and O–H groups in total. The largest absolute Gasteiger partial charge is 0.489 e. The van der Waals surface area contributed by atoms with Gasteiger partial charge in [0, 0.05) is 48.8 Å². The molecule has 0 aliphatic carbocycles. The van der Waals surface area contributed by atoms with E-state index in [2.05, 4.69) is 27.1 Å². The maximum Gasteiger partial charge on any atom is 0.187 e. The van der Waals surface area contributed by atoms with Crippen molar-refractivity contribution in [1.82, 2.24) is 9.80 Å². The van der Waals surface area contributed by atoms with Crippen molar-refractivity contribution >= 4 is 11.5 Å². The minimum atomic E-state index is -0.765. The number of anilines is 1. The number of aliphatic hydroxyl groups excluding tert-OH is 1. The maximum atomic E-state index is 13.6. The molecule has 2 atom stereocenters. The summed E-state index contributed by atoms with van der Waals surface area (Å²) in [7, 11) is 0. The van der Waals surface area contributed by atoms with E-state index in [4.69, 9.17) is 9.57 Å². The molecule has 0 bridgehead atoms. The van der Waals surface area contributed by atoms with Crippen molar-refractivity contribution in [2.45, 2.75) is 25.9 Å². The Morgan fingerprint density at radius 2 is 1.97 bits per heavy atom. The molecule has 2 aromatic rings. The fraction of sp³-hybridized carbons (Fsp3) is 0.435. The van der Waals surface area contributed by atoms with Gasteiger partial charge in [-0.15, -0.1) is 0 Å². The summed E-state index contributed by atoms with van der Waals surface area (Å²) >= 11 is 0. The SMILES string of the molecule is CC1COc2cc(F)ccc2N1C(O)N1CC2(CN(C3=NOCc4ccccc43)C2)C1. The Labute approximate surface area is 180 Å². The van der Waals surface area contributed by atoms with Gasteiger partial charge in [0.25, 0.3) is 0 Å². The number of likely N-dealkylation sites (tertiary alicyclic amines) is 2. The molecule has 0 amide bonds. The molecule has 1 spiro atoms. The molecule has 162 valence electrons. The second-order valence-corrected chi connectivity index (χ2v) is 9.13. The van der Waals surface area contributed by atoms with Crippen molar-refractivity contribution < 1.29 is 19.1 Å². The Kier molecular flexibility index (Phi) is 4.16. The first-order valence-electron chi connectivity index (χ1n) is 10.7. The zero-order valence-electron chi connectivity index (χ0n) is 17.4. The van der Waals surface area contributed by atoms with Gasteiger partial charge >= 0.3 is 0 Å². The Morgan fingerprint density at radius 1 is 1.16 bits per heavy atom. The van der Waals surface area contributed by atoms with Gasteiger partial charge in [0.05, 0.1) is 11.7 Å². The molecule has 4 heterocycles. The number of amidine groups is 1. The third-order valence-electron chi connectivity index (χ3n) is 6.79. The first kappa shape index (κ1) is 18.9. The highest BCUT2D eigenvalue weighted by Crippen LogP contribution is 2.44.